The molecule has 4 N–H and O–H groups in total. The van der Waals surface area contributed by atoms with Crippen molar-refractivity contribution in [3.63, 3.8) is 0 Å². The molecule has 2 heterocycles. The van der Waals surface area contributed by atoms with Crippen molar-refractivity contribution in [3.8, 4) is 0 Å². The summed E-state index contributed by atoms with van der Waals surface area (Å²) < 4.78 is 29.2. The molecule has 1 aliphatic heterocycles. The fourth-order valence-electron chi connectivity index (χ4n) is 5.53. The van der Waals surface area contributed by atoms with E-state index in [1.54, 1.807) is 0 Å². The number of rotatable bonds is 26. The van der Waals surface area contributed by atoms with Gasteiger partial charge in [-0.2, -0.15) is 0 Å². The van der Waals surface area contributed by atoms with Crippen LogP contribution < -0.4 is 16.6 Å². The quantitative estimate of drug-likeness (QED) is 0.0800. The van der Waals surface area contributed by atoms with E-state index < -0.39 is 50.7 Å². The van der Waals surface area contributed by atoms with Crippen LogP contribution in [0.3, 0.4) is 0 Å². The van der Waals surface area contributed by atoms with Crippen molar-refractivity contribution in [2.75, 3.05) is 19.8 Å². The van der Waals surface area contributed by atoms with Gasteiger partial charge in [-0.3, -0.25) is 19.1 Å². The van der Waals surface area contributed by atoms with Gasteiger partial charge >= 0.3 is 13.9 Å². The highest BCUT2D eigenvalue weighted by molar-refractivity contribution is 7.32. The van der Waals surface area contributed by atoms with Crippen LogP contribution in [0.15, 0.2) is 21.9 Å². The smallest absolute Gasteiger partial charge is 0.394 e. The molecule has 2 unspecified atom stereocenters. The molecule has 12 nitrogen and oxygen atoms in total. The average Bonchev–Trinajstić information content (AvgIpc) is 3.32. The topological polar surface area (TPSA) is 169 Å². The highest BCUT2D eigenvalue weighted by Gasteiger charge is 2.51. The van der Waals surface area contributed by atoms with E-state index in [1.165, 1.54) is 76.8 Å². The number of carbonyl (C=O) groups excluding carboxylic acids is 1. The maximum atomic E-state index is 12.3. The molecule has 1 aromatic heterocycles. The van der Waals surface area contributed by atoms with Crippen LogP contribution in [-0.4, -0.2) is 63.5 Å². The largest absolute Gasteiger partial charge is 0.695 e. The maximum Gasteiger partial charge on any atom is 0.695 e. The number of aliphatic hydroxyl groups excluding tert-OH is 1. The monoisotopic (exact) mass is 644 g/mol. The molecule has 0 saturated carbocycles. The molecule has 1 aromatic rings. The maximum absolute atomic E-state index is 12.3. The molecular weight excluding hydrogens is 589 g/mol. The van der Waals surface area contributed by atoms with Gasteiger partial charge in [0, 0.05) is 36.4 Å². The van der Waals surface area contributed by atoms with E-state index >= 15 is 0 Å². The summed E-state index contributed by atoms with van der Waals surface area (Å²) in [6.45, 7) is 2.62. The van der Waals surface area contributed by atoms with E-state index in [1.807, 2.05) is 0 Å². The van der Waals surface area contributed by atoms with Crippen molar-refractivity contribution >= 4 is 14.2 Å². The molecule has 13 heteroatoms. The van der Waals surface area contributed by atoms with Crippen LogP contribution in [0, 0.1) is 0 Å². The molecule has 5 atom stereocenters. The standard InChI is InChI=1S/C31H54N3O9P/c1-2-3-4-5-6-7-8-9-10-11-12-13-16-19-26(36)32-21-17-14-15-18-23-41-29-28(43-44(39)40)25(24-35)42-30(29)34-22-20-27(37)33-31(34)38/h20,22,25,28-30,35H,2-19,21,23-24H2,1H3,(H2-,32,33,36,37,38,39,40)/p+1/t25-,28?,29+,30-/m1/s1. The van der Waals surface area contributed by atoms with E-state index in [4.69, 9.17) is 14.0 Å². The van der Waals surface area contributed by atoms with Crippen LogP contribution in [0.5, 0.6) is 0 Å². The van der Waals surface area contributed by atoms with Gasteiger partial charge in [0.2, 0.25) is 5.91 Å². The van der Waals surface area contributed by atoms with Gasteiger partial charge in [0.25, 0.3) is 5.56 Å². The first-order valence-electron chi connectivity index (χ1n) is 16.7. The Hall–Kier alpha value is -1.95. The van der Waals surface area contributed by atoms with Crippen LogP contribution in [-0.2, 0) is 23.4 Å². The minimum atomic E-state index is -3.02. The molecule has 1 amide bonds. The lowest BCUT2D eigenvalue weighted by Crippen LogP contribution is -2.40. The van der Waals surface area contributed by atoms with Gasteiger partial charge in [-0.05, 0) is 19.3 Å². The van der Waals surface area contributed by atoms with Crippen LogP contribution in [0.1, 0.15) is 129 Å². The molecule has 0 radical (unpaired) electrons. The minimum Gasteiger partial charge on any atom is -0.394 e. The predicted octanol–water partition coefficient (Wildman–Crippen LogP) is 5.00. The predicted molar refractivity (Wildman–Crippen MR) is 169 cm³/mol. The number of hydrogen-bond acceptors (Lipinski definition) is 8. The Balaban J connectivity index is 1.54. The molecule has 0 spiro atoms. The van der Waals surface area contributed by atoms with E-state index in [0.29, 0.717) is 19.4 Å². The third kappa shape index (κ3) is 15.4. The lowest BCUT2D eigenvalue weighted by Gasteiger charge is -2.22. The van der Waals surface area contributed by atoms with E-state index in [2.05, 4.69) is 17.2 Å². The second-order valence-electron chi connectivity index (χ2n) is 11.7. The van der Waals surface area contributed by atoms with Crippen LogP contribution in [0.2, 0.25) is 0 Å². The molecule has 1 saturated heterocycles. The number of aromatic amines is 1. The Morgan fingerprint density at radius 1 is 0.932 bits per heavy atom. The zero-order valence-electron chi connectivity index (χ0n) is 26.5. The highest BCUT2D eigenvalue weighted by Crippen LogP contribution is 2.37. The van der Waals surface area contributed by atoms with Crippen molar-refractivity contribution in [1.29, 1.82) is 0 Å². The summed E-state index contributed by atoms with van der Waals surface area (Å²) in [4.78, 5) is 47.4. The zero-order chi connectivity index (χ0) is 32.0. The van der Waals surface area contributed by atoms with Gasteiger partial charge in [-0.1, -0.05) is 96.8 Å². The molecule has 0 aliphatic carbocycles. The number of amides is 1. The number of ether oxygens (including phenoxy) is 2. The first-order valence-corrected chi connectivity index (χ1v) is 17.8. The number of aromatic nitrogens is 2. The molecule has 1 aliphatic rings. The molecule has 0 aromatic carbocycles. The molecule has 1 fully saturated rings. The van der Waals surface area contributed by atoms with Crippen molar-refractivity contribution in [1.82, 2.24) is 14.9 Å². The number of nitrogens with one attached hydrogen (secondary N) is 2. The second kappa shape index (κ2) is 23.4. The fraction of sp³-hybridized carbons (Fsp3) is 0.839. The number of H-pyrrole nitrogens is 1. The molecule has 0 bridgehead atoms. The van der Waals surface area contributed by atoms with Gasteiger partial charge in [0.1, 0.15) is 12.2 Å². The first kappa shape index (κ1) is 38.2. The summed E-state index contributed by atoms with van der Waals surface area (Å²) in [5, 5.41) is 12.7. The number of unbranched alkanes of at least 4 members (excludes halogenated alkanes) is 15. The SMILES string of the molecule is CCCCCCCCCCCCCCCC(=O)NCCCCCCO[C@H]1C(O[P+](=O)O)[C@@H](CO)O[C@H]1n1ccc(=O)[nH]c1=O. The average molecular weight is 645 g/mol. The van der Waals surface area contributed by atoms with E-state index in [-0.39, 0.29) is 12.5 Å². The number of aliphatic hydroxyl groups is 1. The first-order chi connectivity index (χ1) is 21.4. The summed E-state index contributed by atoms with van der Waals surface area (Å²) in [5.41, 5.74) is -1.32. The Morgan fingerprint density at radius 2 is 1.52 bits per heavy atom. The van der Waals surface area contributed by atoms with Crippen LogP contribution in [0.4, 0.5) is 0 Å². The fourth-order valence-corrected chi connectivity index (χ4v) is 6.00. The third-order valence-electron chi connectivity index (χ3n) is 8.01. The Morgan fingerprint density at radius 3 is 2.11 bits per heavy atom. The molecule has 252 valence electrons. The van der Waals surface area contributed by atoms with Crippen molar-refractivity contribution in [2.24, 2.45) is 0 Å². The summed E-state index contributed by atoms with van der Waals surface area (Å²) in [6, 6.07) is 1.15. The number of hydrogen-bond donors (Lipinski definition) is 4. The highest BCUT2D eigenvalue weighted by atomic mass is 31.1. The van der Waals surface area contributed by atoms with Gasteiger partial charge in [-0.15, -0.1) is 9.42 Å². The molecule has 44 heavy (non-hydrogen) atoms. The summed E-state index contributed by atoms with van der Waals surface area (Å²) in [7, 11) is -3.02. The third-order valence-corrected chi connectivity index (χ3v) is 8.44. The number of carbonyl (C=O) groups is 1. The Labute approximate surface area is 262 Å². The van der Waals surface area contributed by atoms with E-state index in [0.717, 1.165) is 42.7 Å². The molecular formula is C31H55N3O9P+. The lowest BCUT2D eigenvalue weighted by molar-refractivity contribution is -0.121. The van der Waals surface area contributed by atoms with Gasteiger partial charge < -0.3 is 19.9 Å². The Bertz CT molecular complexity index is 1050. The Kier molecular flexibility index (Phi) is 20.3. The van der Waals surface area contributed by atoms with Crippen LogP contribution >= 0.6 is 8.25 Å². The summed E-state index contributed by atoms with van der Waals surface area (Å²) in [6.07, 6.45) is 17.6. The molecule has 2 rings (SSSR count). The van der Waals surface area contributed by atoms with Crippen LogP contribution in [0.25, 0.3) is 0 Å². The number of nitrogens with zero attached hydrogens (tertiary/aromatic N) is 1. The van der Waals surface area contributed by atoms with Gasteiger partial charge in [-0.25, -0.2) is 4.79 Å². The van der Waals surface area contributed by atoms with Crippen molar-refractivity contribution in [2.45, 2.75) is 147 Å². The lowest BCUT2D eigenvalue weighted by atomic mass is 10.0. The summed E-state index contributed by atoms with van der Waals surface area (Å²) in [5.74, 6) is 0.105. The second-order valence-corrected chi connectivity index (χ2v) is 12.4. The van der Waals surface area contributed by atoms with Crippen molar-refractivity contribution < 1.29 is 33.4 Å². The van der Waals surface area contributed by atoms with E-state index in [9.17, 15) is 28.9 Å². The minimum absolute atomic E-state index is 0.105. The van der Waals surface area contributed by atoms with Gasteiger partial charge in [0.05, 0.1) is 6.61 Å². The van der Waals surface area contributed by atoms with Crippen molar-refractivity contribution in [3.05, 3.63) is 33.1 Å². The zero-order valence-corrected chi connectivity index (χ0v) is 27.4. The van der Waals surface area contributed by atoms with Gasteiger partial charge in [0.15, 0.2) is 12.3 Å². The normalized spacial score (nSPS) is 20.2. The summed E-state index contributed by atoms with van der Waals surface area (Å²) >= 11 is 0.